The van der Waals surface area contributed by atoms with Gasteiger partial charge >= 0.3 is 0 Å². The lowest BCUT2D eigenvalue weighted by Gasteiger charge is -2.26. The van der Waals surface area contributed by atoms with Gasteiger partial charge in [0.15, 0.2) is 0 Å². The van der Waals surface area contributed by atoms with Gasteiger partial charge in [-0.1, -0.05) is 127 Å². The second-order valence-corrected chi connectivity index (χ2v) is 14.1. The summed E-state index contributed by atoms with van der Waals surface area (Å²) in [6.07, 6.45) is 0. The lowest BCUT2D eigenvalue weighted by molar-refractivity contribution is 1.18. The first-order valence-corrected chi connectivity index (χ1v) is 18.2. The molecule has 2 aromatic heterocycles. The summed E-state index contributed by atoms with van der Waals surface area (Å²) in [6.45, 7) is 0. The Kier molecular flexibility index (Phi) is 7.04. The topological polar surface area (TPSA) is 8.17 Å². The van der Waals surface area contributed by atoms with Gasteiger partial charge in [0.1, 0.15) is 0 Å². The van der Waals surface area contributed by atoms with Gasteiger partial charge in [0.2, 0.25) is 0 Å². The molecule has 0 unspecified atom stereocenters. The number of thiophene rings is 1. The van der Waals surface area contributed by atoms with Crippen LogP contribution in [-0.4, -0.2) is 4.57 Å². The standard InChI is InChI=1S/C48H32N2S/c1-3-12-33(13-4-1)34-22-25-38(26-23-34)49(40-27-29-44-43-19-8-10-21-47(43)51-48(44)32-40)39-17-11-14-35(30-39)36-24-28-42-41-18-7-9-20-45(41)50(46(42)31-36)37-15-5-2-6-16-37/h1-32H. The molecule has 240 valence electrons. The van der Waals surface area contributed by atoms with Crippen LogP contribution in [0.25, 0.3) is 69.9 Å². The number of nitrogens with zero attached hydrogens (tertiary/aromatic N) is 2. The quantitative estimate of drug-likeness (QED) is 0.171. The first-order chi connectivity index (χ1) is 25.3. The third-order valence-electron chi connectivity index (χ3n) is 9.98. The number of hydrogen-bond acceptors (Lipinski definition) is 2. The van der Waals surface area contributed by atoms with E-state index in [0.29, 0.717) is 0 Å². The molecule has 0 saturated heterocycles. The van der Waals surface area contributed by atoms with Gasteiger partial charge in [-0.3, -0.25) is 0 Å². The summed E-state index contributed by atoms with van der Waals surface area (Å²) in [4.78, 5) is 2.39. The van der Waals surface area contributed by atoms with Gasteiger partial charge in [-0.2, -0.15) is 0 Å². The van der Waals surface area contributed by atoms with Gasteiger partial charge in [0.25, 0.3) is 0 Å². The molecule has 2 heterocycles. The Morgan fingerprint density at radius 3 is 1.75 bits per heavy atom. The SMILES string of the molecule is c1ccc(-c2ccc(N(c3cccc(-c4ccc5c6ccccc6n(-c6ccccc6)c5c4)c3)c3ccc4c(c3)sc3ccccc34)cc2)cc1. The van der Waals surface area contributed by atoms with Crippen LogP contribution in [0.5, 0.6) is 0 Å². The summed E-state index contributed by atoms with van der Waals surface area (Å²) < 4.78 is 4.99. The zero-order valence-corrected chi connectivity index (χ0v) is 28.6. The van der Waals surface area contributed by atoms with Crippen molar-refractivity contribution in [2.45, 2.75) is 0 Å². The Morgan fingerprint density at radius 1 is 0.333 bits per heavy atom. The molecule has 10 aromatic rings. The summed E-state index contributed by atoms with van der Waals surface area (Å²) >= 11 is 1.86. The fourth-order valence-electron chi connectivity index (χ4n) is 7.56. The molecule has 10 rings (SSSR count). The Bertz CT molecular complexity index is 2850. The Labute approximate surface area is 300 Å². The van der Waals surface area contributed by atoms with Gasteiger partial charge in [-0.15, -0.1) is 11.3 Å². The fourth-order valence-corrected chi connectivity index (χ4v) is 8.70. The van der Waals surface area contributed by atoms with Crippen LogP contribution in [0, 0.1) is 0 Å². The van der Waals surface area contributed by atoms with Gasteiger partial charge in [0, 0.05) is 53.7 Å². The number of hydrogen-bond donors (Lipinski definition) is 0. The van der Waals surface area contributed by atoms with E-state index in [1.165, 1.54) is 64.2 Å². The molecule has 3 heteroatoms. The molecular formula is C48H32N2S. The molecule has 2 nitrogen and oxygen atoms in total. The minimum absolute atomic E-state index is 1.11. The summed E-state index contributed by atoms with van der Waals surface area (Å²) in [5, 5.41) is 5.13. The molecule has 8 aromatic carbocycles. The molecular weight excluding hydrogens is 637 g/mol. The largest absolute Gasteiger partial charge is 0.310 e. The molecule has 0 aliphatic carbocycles. The fraction of sp³-hybridized carbons (Fsp3) is 0. The van der Waals surface area contributed by atoms with E-state index >= 15 is 0 Å². The zero-order chi connectivity index (χ0) is 33.7. The first kappa shape index (κ1) is 29.5. The number of anilines is 3. The molecule has 0 saturated carbocycles. The lowest BCUT2D eigenvalue weighted by Crippen LogP contribution is -2.09. The van der Waals surface area contributed by atoms with Gasteiger partial charge in [0.05, 0.1) is 11.0 Å². The number of fused-ring (bicyclic) bond motifs is 6. The number of para-hydroxylation sites is 2. The molecule has 51 heavy (non-hydrogen) atoms. The molecule has 0 aliphatic heterocycles. The molecule has 0 aliphatic rings. The highest BCUT2D eigenvalue weighted by atomic mass is 32.1. The predicted molar refractivity (Wildman–Crippen MR) is 219 cm³/mol. The maximum atomic E-state index is 2.39. The van der Waals surface area contributed by atoms with Crippen molar-refractivity contribution in [2.75, 3.05) is 4.90 Å². The molecule has 0 amide bonds. The number of aromatic nitrogens is 1. The number of benzene rings is 8. The van der Waals surface area contributed by atoms with Crippen LogP contribution in [0.15, 0.2) is 194 Å². The molecule has 0 spiro atoms. The molecule has 0 N–H and O–H groups in total. The van der Waals surface area contributed by atoms with E-state index in [1.54, 1.807) is 0 Å². The van der Waals surface area contributed by atoms with E-state index < -0.39 is 0 Å². The average molecular weight is 669 g/mol. The number of rotatable bonds is 6. The van der Waals surface area contributed by atoms with Crippen molar-refractivity contribution in [2.24, 2.45) is 0 Å². The van der Waals surface area contributed by atoms with Crippen molar-refractivity contribution >= 4 is 70.4 Å². The van der Waals surface area contributed by atoms with E-state index in [-0.39, 0.29) is 0 Å². The maximum absolute atomic E-state index is 2.39. The van der Waals surface area contributed by atoms with Crippen LogP contribution in [0.2, 0.25) is 0 Å². The van der Waals surface area contributed by atoms with E-state index in [0.717, 1.165) is 22.7 Å². The summed E-state index contributed by atoms with van der Waals surface area (Å²) in [5.41, 5.74) is 11.7. The normalized spacial score (nSPS) is 11.5. The van der Waals surface area contributed by atoms with Crippen LogP contribution in [0.1, 0.15) is 0 Å². The van der Waals surface area contributed by atoms with Gasteiger partial charge in [-0.05, 0) is 89.0 Å². The second kappa shape index (κ2) is 12.2. The molecule has 0 fully saturated rings. The molecule has 0 atom stereocenters. The lowest BCUT2D eigenvalue weighted by atomic mass is 10.0. The Morgan fingerprint density at radius 2 is 0.902 bits per heavy atom. The monoisotopic (exact) mass is 668 g/mol. The highest BCUT2D eigenvalue weighted by Gasteiger charge is 2.17. The minimum Gasteiger partial charge on any atom is -0.310 e. The molecule has 0 bridgehead atoms. The van der Waals surface area contributed by atoms with Crippen molar-refractivity contribution in [1.82, 2.24) is 4.57 Å². The van der Waals surface area contributed by atoms with E-state index in [4.69, 9.17) is 0 Å². The average Bonchev–Trinajstić information content (AvgIpc) is 3.74. The Balaban J connectivity index is 1.13. The van der Waals surface area contributed by atoms with Crippen molar-refractivity contribution in [3.05, 3.63) is 194 Å². The van der Waals surface area contributed by atoms with Crippen molar-refractivity contribution < 1.29 is 0 Å². The van der Waals surface area contributed by atoms with Crippen molar-refractivity contribution in [1.29, 1.82) is 0 Å². The van der Waals surface area contributed by atoms with E-state index in [1.807, 2.05) is 11.3 Å². The third kappa shape index (κ3) is 5.10. The predicted octanol–water partition coefficient (Wildman–Crippen LogP) is 14.0. The highest BCUT2D eigenvalue weighted by molar-refractivity contribution is 7.25. The highest BCUT2D eigenvalue weighted by Crippen LogP contribution is 2.42. The summed E-state index contributed by atoms with van der Waals surface area (Å²) in [6, 6.07) is 70.4. The smallest absolute Gasteiger partial charge is 0.0547 e. The van der Waals surface area contributed by atoms with Gasteiger partial charge in [-0.25, -0.2) is 0 Å². The van der Waals surface area contributed by atoms with E-state index in [2.05, 4.69) is 204 Å². The van der Waals surface area contributed by atoms with Crippen molar-refractivity contribution in [3.63, 3.8) is 0 Å². The van der Waals surface area contributed by atoms with Crippen LogP contribution in [0.3, 0.4) is 0 Å². The Hall–Kier alpha value is -6.42. The molecule has 0 radical (unpaired) electrons. The summed E-state index contributed by atoms with van der Waals surface area (Å²) in [7, 11) is 0. The van der Waals surface area contributed by atoms with Crippen LogP contribution < -0.4 is 4.90 Å². The summed E-state index contributed by atoms with van der Waals surface area (Å²) in [5.74, 6) is 0. The third-order valence-corrected chi connectivity index (χ3v) is 11.1. The minimum atomic E-state index is 1.11. The van der Waals surface area contributed by atoms with Crippen LogP contribution >= 0.6 is 11.3 Å². The maximum Gasteiger partial charge on any atom is 0.0547 e. The van der Waals surface area contributed by atoms with Gasteiger partial charge < -0.3 is 9.47 Å². The first-order valence-electron chi connectivity index (χ1n) is 17.3. The van der Waals surface area contributed by atoms with Crippen LogP contribution in [-0.2, 0) is 0 Å². The van der Waals surface area contributed by atoms with E-state index in [9.17, 15) is 0 Å². The second-order valence-electron chi connectivity index (χ2n) is 13.0. The zero-order valence-electron chi connectivity index (χ0n) is 27.8. The van der Waals surface area contributed by atoms with Crippen LogP contribution in [0.4, 0.5) is 17.1 Å². The van der Waals surface area contributed by atoms with Crippen molar-refractivity contribution in [3.8, 4) is 27.9 Å².